The summed E-state index contributed by atoms with van der Waals surface area (Å²) in [5, 5.41) is 14.3. The van der Waals surface area contributed by atoms with Crippen molar-refractivity contribution in [1.29, 1.82) is 0 Å². The van der Waals surface area contributed by atoms with E-state index in [0.717, 1.165) is 22.5 Å². The first-order valence-corrected chi connectivity index (χ1v) is 8.63. The Morgan fingerprint density at radius 2 is 1.85 bits per heavy atom. The van der Waals surface area contributed by atoms with E-state index < -0.39 is 0 Å². The van der Waals surface area contributed by atoms with Crippen LogP contribution in [0.2, 0.25) is 0 Å². The molecule has 1 aromatic heterocycles. The smallest absolute Gasteiger partial charge is 0.338 e. The lowest BCUT2D eigenvalue weighted by Gasteiger charge is -2.10. The molecule has 138 valence electrons. The predicted molar refractivity (Wildman–Crippen MR) is 105 cm³/mol. The molecular weight excluding hydrogens is 342 g/mol. The van der Waals surface area contributed by atoms with Crippen LogP contribution in [0.1, 0.15) is 28.4 Å². The number of ether oxygens (including phenoxy) is 1. The van der Waals surface area contributed by atoms with Gasteiger partial charge < -0.3 is 15.4 Å². The molecule has 2 aromatic carbocycles. The molecule has 0 atom stereocenters. The highest BCUT2D eigenvalue weighted by atomic mass is 16.5. The molecule has 0 spiro atoms. The second-order valence-electron chi connectivity index (χ2n) is 6.03. The van der Waals surface area contributed by atoms with E-state index in [-0.39, 0.29) is 5.97 Å². The molecule has 7 heteroatoms. The number of hydrogen-bond acceptors (Lipinski definition) is 7. The minimum Gasteiger partial charge on any atom is -0.462 e. The number of hydrogen-bond donors (Lipinski definition) is 2. The standard InChI is InChI=1S/C20H21N5O2/c1-4-27-19(26)15-7-9-16(10-8-15)22-20-24-18(12-21-25-20)23-17-11-13(2)5-6-14(17)3/h5-12H,4H2,1-3H3,(H2,22,23,24,25). The van der Waals surface area contributed by atoms with E-state index in [1.807, 2.05) is 13.8 Å². The molecule has 0 aliphatic rings. The summed E-state index contributed by atoms with van der Waals surface area (Å²) in [6, 6.07) is 13.1. The zero-order chi connectivity index (χ0) is 19.2. The average Bonchev–Trinajstić information content (AvgIpc) is 2.66. The zero-order valence-corrected chi connectivity index (χ0v) is 15.5. The predicted octanol–water partition coefficient (Wildman–Crippen LogP) is 4.15. The second-order valence-corrected chi connectivity index (χ2v) is 6.03. The molecule has 0 saturated carbocycles. The van der Waals surface area contributed by atoms with Gasteiger partial charge in [0.2, 0.25) is 5.95 Å². The molecule has 0 saturated heterocycles. The number of aryl methyl sites for hydroxylation is 2. The molecule has 7 nitrogen and oxygen atoms in total. The van der Waals surface area contributed by atoms with E-state index in [1.54, 1.807) is 37.4 Å². The van der Waals surface area contributed by atoms with Gasteiger partial charge in [0.1, 0.15) is 0 Å². The van der Waals surface area contributed by atoms with Gasteiger partial charge in [-0.2, -0.15) is 10.1 Å². The van der Waals surface area contributed by atoms with Gasteiger partial charge in [0.15, 0.2) is 5.82 Å². The topological polar surface area (TPSA) is 89.0 Å². The minimum absolute atomic E-state index is 0.346. The summed E-state index contributed by atoms with van der Waals surface area (Å²) in [6.45, 7) is 6.19. The lowest BCUT2D eigenvalue weighted by atomic mass is 10.1. The number of esters is 1. The molecule has 3 aromatic rings. The van der Waals surface area contributed by atoms with Gasteiger partial charge in [0.05, 0.1) is 18.4 Å². The highest BCUT2D eigenvalue weighted by molar-refractivity contribution is 5.89. The molecule has 0 radical (unpaired) electrons. The Labute approximate surface area is 157 Å². The fraction of sp³-hybridized carbons (Fsp3) is 0.200. The van der Waals surface area contributed by atoms with Crippen LogP contribution in [0, 0.1) is 13.8 Å². The van der Waals surface area contributed by atoms with Crippen molar-refractivity contribution >= 4 is 29.1 Å². The number of benzene rings is 2. The molecule has 3 rings (SSSR count). The molecular formula is C20H21N5O2. The summed E-state index contributed by atoms with van der Waals surface area (Å²) in [5.41, 5.74) is 4.48. The van der Waals surface area contributed by atoms with Crippen LogP contribution in [0.3, 0.4) is 0 Å². The number of nitrogens with one attached hydrogen (secondary N) is 2. The lowest BCUT2D eigenvalue weighted by Crippen LogP contribution is -2.05. The summed E-state index contributed by atoms with van der Waals surface area (Å²) in [6.07, 6.45) is 1.57. The Bertz CT molecular complexity index is 941. The van der Waals surface area contributed by atoms with Gasteiger partial charge in [-0.05, 0) is 62.2 Å². The van der Waals surface area contributed by atoms with E-state index in [1.165, 1.54) is 0 Å². The maximum absolute atomic E-state index is 11.7. The summed E-state index contributed by atoms with van der Waals surface area (Å²) < 4.78 is 4.97. The Morgan fingerprint density at radius 1 is 1.07 bits per heavy atom. The monoisotopic (exact) mass is 363 g/mol. The van der Waals surface area contributed by atoms with Crippen molar-refractivity contribution in [3.05, 3.63) is 65.4 Å². The first-order chi connectivity index (χ1) is 13.0. The lowest BCUT2D eigenvalue weighted by molar-refractivity contribution is 0.0526. The van der Waals surface area contributed by atoms with Crippen LogP contribution < -0.4 is 10.6 Å². The first-order valence-electron chi connectivity index (χ1n) is 8.63. The highest BCUT2D eigenvalue weighted by Gasteiger charge is 2.07. The van der Waals surface area contributed by atoms with Crippen molar-refractivity contribution in [1.82, 2.24) is 15.2 Å². The van der Waals surface area contributed by atoms with Crippen LogP contribution in [-0.4, -0.2) is 27.8 Å². The van der Waals surface area contributed by atoms with Crippen LogP contribution in [0.5, 0.6) is 0 Å². The molecule has 2 N–H and O–H groups in total. The quantitative estimate of drug-likeness (QED) is 0.636. The normalized spacial score (nSPS) is 10.3. The summed E-state index contributed by atoms with van der Waals surface area (Å²) >= 11 is 0. The maximum Gasteiger partial charge on any atom is 0.338 e. The van der Waals surface area contributed by atoms with E-state index in [0.29, 0.717) is 23.9 Å². The van der Waals surface area contributed by atoms with Gasteiger partial charge in [-0.25, -0.2) is 4.79 Å². The molecule has 1 heterocycles. The van der Waals surface area contributed by atoms with Gasteiger partial charge in [-0.1, -0.05) is 12.1 Å². The number of carbonyl (C=O) groups excluding carboxylic acids is 1. The molecule has 0 amide bonds. The third kappa shape index (κ3) is 4.78. The summed E-state index contributed by atoms with van der Waals surface area (Å²) in [5.74, 6) is 0.597. The first kappa shape index (κ1) is 18.3. The largest absolute Gasteiger partial charge is 0.462 e. The molecule has 0 aliphatic heterocycles. The van der Waals surface area contributed by atoms with Gasteiger partial charge in [0, 0.05) is 11.4 Å². The van der Waals surface area contributed by atoms with Gasteiger partial charge in [-0.3, -0.25) is 0 Å². The summed E-state index contributed by atoms with van der Waals surface area (Å²) in [7, 11) is 0. The van der Waals surface area contributed by atoms with Crippen LogP contribution in [0.25, 0.3) is 0 Å². The van der Waals surface area contributed by atoms with Crippen LogP contribution >= 0.6 is 0 Å². The van der Waals surface area contributed by atoms with Crippen molar-refractivity contribution in [2.75, 3.05) is 17.2 Å². The number of anilines is 4. The van der Waals surface area contributed by atoms with E-state index in [4.69, 9.17) is 4.74 Å². The molecule has 27 heavy (non-hydrogen) atoms. The maximum atomic E-state index is 11.7. The molecule has 0 unspecified atom stereocenters. The molecule has 0 fully saturated rings. The molecule has 0 bridgehead atoms. The molecule has 0 aliphatic carbocycles. The third-order valence-electron chi connectivity index (χ3n) is 3.87. The fourth-order valence-electron chi connectivity index (χ4n) is 2.46. The number of aromatic nitrogens is 3. The van der Waals surface area contributed by atoms with E-state index in [2.05, 4.69) is 44.0 Å². The number of rotatable bonds is 6. The van der Waals surface area contributed by atoms with Crippen LogP contribution in [-0.2, 0) is 4.74 Å². The van der Waals surface area contributed by atoms with Gasteiger partial charge in [-0.15, -0.1) is 5.10 Å². The van der Waals surface area contributed by atoms with Gasteiger partial charge >= 0.3 is 5.97 Å². The van der Waals surface area contributed by atoms with Crippen molar-refractivity contribution < 1.29 is 9.53 Å². The third-order valence-corrected chi connectivity index (χ3v) is 3.87. The van der Waals surface area contributed by atoms with Crippen molar-refractivity contribution in [3.8, 4) is 0 Å². The number of carbonyl (C=O) groups is 1. The van der Waals surface area contributed by atoms with Crippen molar-refractivity contribution in [2.45, 2.75) is 20.8 Å². The second kappa shape index (κ2) is 8.27. The fourth-order valence-corrected chi connectivity index (χ4v) is 2.46. The van der Waals surface area contributed by atoms with Gasteiger partial charge in [0.25, 0.3) is 0 Å². The van der Waals surface area contributed by atoms with E-state index in [9.17, 15) is 4.79 Å². The highest BCUT2D eigenvalue weighted by Crippen LogP contribution is 2.21. The summed E-state index contributed by atoms with van der Waals surface area (Å²) in [4.78, 5) is 16.1. The van der Waals surface area contributed by atoms with Crippen molar-refractivity contribution in [2.24, 2.45) is 0 Å². The Morgan fingerprint density at radius 3 is 2.59 bits per heavy atom. The number of nitrogens with zero attached hydrogens (tertiary/aromatic N) is 3. The zero-order valence-electron chi connectivity index (χ0n) is 15.5. The Hall–Kier alpha value is -3.48. The van der Waals surface area contributed by atoms with Crippen LogP contribution in [0.15, 0.2) is 48.7 Å². The van der Waals surface area contributed by atoms with E-state index >= 15 is 0 Å². The van der Waals surface area contributed by atoms with Crippen molar-refractivity contribution in [3.63, 3.8) is 0 Å². The Kier molecular flexibility index (Phi) is 5.61. The SMILES string of the molecule is CCOC(=O)c1ccc(Nc2nncc(Nc3cc(C)ccc3C)n2)cc1. The Balaban J connectivity index is 1.72. The van der Waals surface area contributed by atoms with Crippen LogP contribution in [0.4, 0.5) is 23.1 Å². The average molecular weight is 363 g/mol. The minimum atomic E-state index is -0.346.